The highest BCUT2D eigenvalue weighted by Crippen LogP contribution is 2.34. The third-order valence-corrected chi connectivity index (χ3v) is 2.79. The van der Waals surface area contributed by atoms with Crippen molar-refractivity contribution in [2.45, 2.75) is 0 Å². The first-order valence-electron chi connectivity index (χ1n) is 5.49. The Hall–Kier alpha value is -2.60. The summed E-state index contributed by atoms with van der Waals surface area (Å²) >= 11 is 5.95. The predicted molar refractivity (Wildman–Crippen MR) is 73.1 cm³/mol. The quantitative estimate of drug-likeness (QED) is 0.691. The van der Waals surface area contributed by atoms with Crippen molar-refractivity contribution in [3.05, 3.63) is 63.2 Å². The summed E-state index contributed by atoms with van der Waals surface area (Å²) in [6.07, 6.45) is 0. The lowest BCUT2D eigenvalue weighted by atomic mass is 10.2. The molecule has 0 radical (unpaired) electrons. The zero-order chi connectivity index (χ0) is 14.7. The molecule has 102 valence electrons. The average molecular weight is 293 g/mol. The zero-order valence-electron chi connectivity index (χ0n) is 10.1. The molecule has 2 aromatic carbocycles. The molecule has 0 atom stereocenters. The van der Waals surface area contributed by atoms with Gasteiger partial charge in [0, 0.05) is 11.6 Å². The number of primary amides is 1. The summed E-state index contributed by atoms with van der Waals surface area (Å²) in [7, 11) is 0. The molecule has 0 saturated heterocycles. The molecule has 6 nitrogen and oxygen atoms in total. The van der Waals surface area contributed by atoms with Crippen molar-refractivity contribution in [3.63, 3.8) is 0 Å². The molecule has 0 heterocycles. The number of nitrogens with two attached hydrogens (primary N) is 1. The van der Waals surface area contributed by atoms with Crippen LogP contribution in [0.25, 0.3) is 0 Å². The Morgan fingerprint density at radius 3 is 2.50 bits per heavy atom. The van der Waals surface area contributed by atoms with Crippen molar-refractivity contribution in [1.82, 2.24) is 0 Å². The van der Waals surface area contributed by atoms with E-state index in [2.05, 4.69) is 0 Å². The summed E-state index contributed by atoms with van der Waals surface area (Å²) < 4.78 is 5.41. The number of nitro benzene ring substituents is 1. The second-order valence-electron chi connectivity index (χ2n) is 3.84. The molecule has 2 N–H and O–H groups in total. The number of nitrogens with zero attached hydrogens (tertiary/aromatic N) is 1. The summed E-state index contributed by atoms with van der Waals surface area (Å²) in [4.78, 5) is 21.3. The molecule has 20 heavy (non-hydrogen) atoms. The van der Waals surface area contributed by atoms with Gasteiger partial charge < -0.3 is 10.5 Å². The van der Waals surface area contributed by atoms with Gasteiger partial charge in [-0.15, -0.1) is 0 Å². The number of hydrogen-bond donors (Lipinski definition) is 1. The third-order valence-electron chi connectivity index (χ3n) is 2.50. The van der Waals surface area contributed by atoms with Crippen LogP contribution in [0, 0.1) is 10.1 Å². The van der Waals surface area contributed by atoms with Gasteiger partial charge >= 0.3 is 5.69 Å². The molecule has 0 aliphatic carbocycles. The molecule has 0 aliphatic rings. The van der Waals surface area contributed by atoms with E-state index in [4.69, 9.17) is 22.1 Å². The lowest BCUT2D eigenvalue weighted by Gasteiger charge is -2.08. The van der Waals surface area contributed by atoms with Crippen LogP contribution < -0.4 is 10.5 Å². The van der Waals surface area contributed by atoms with E-state index in [0.29, 0.717) is 0 Å². The molecular formula is C13H9ClN2O4. The number of nitro groups is 1. The first-order valence-corrected chi connectivity index (χ1v) is 5.87. The molecule has 0 unspecified atom stereocenters. The summed E-state index contributed by atoms with van der Waals surface area (Å²) in [5.74, 6) is -0.360. The minimum atomic E-state index is -0.621. The van der Waals surface area contributed by atoms with Gasteiger partial charge in [-0.3, -0.25) is 14.9 Å². The number of benzene rings is 2. The molecule has 7 heteroatoms. The number of rotatable bonds is 4. The van der Waals surface area contributed by atoms with Gasteiger partial charge in [-0.05, 0) is 24.3 Å². The van der Waals surface area contributed by atoms with E-state index in [1.54, 1.807) is 6.07 Å². The van der Waals surface area contributed by atoms with Crippen LogP contribution in [0.4, 0.5) is 5.69 Å². The first-order chi connectivity index (χ1) is 9.49. The van der Waals surface area contributed by atoms with E-state index in [-0.39, 0.29) is 27.8 Å². The first kappa shape index (κ1) is 13.8. The van der Waals surface area contributed by atoms with Crippen molar-refractivity contribution in [2.75, 3.05) is 0 Å². The van der Waals surface area contributed by atoms with E-state index < -0.39 is 10.8 Å². The number of carbonyl (C=O) groups is 1. The number of para-hydroxylation sites is 2. The SMILES string of the molecule is NC(=O)c1ccc(Oc2ccccc2[N+](=O)[O-])c(Cl)c1. The molecule has 0 spiro atoms. The molecule has 0 aliphatic heterocycles. The Bertz CT molecular complexity index is 688. The molecule has 0 bridgehead atoms. The van der Waals surface area contributed by atoms with Crippen LogP contribution in [0.2, 0.25) is 5.02 Å². The van der Waals surface area contributed by atoms with Crippen LogP contribution in [-0.4, -0.2) is 10.8 Å². The summed E-state index contributed by atoms with van der Waals surface area (Å²) in [6.45, 7) is 0. The van der Waals surface area contributed by atoms with Crippen molar-refractivity contribution in [2.24, 2.45) is 5.73 Å². The van der Waals surface area contributed by atoms with Gasteiger partial charge in [-0.1, -0.05) is 23.7 Å². The zero-order valence-corrected chi connectivity index (χ0v) is 10.8. The lowest BCUT2D eigenvalue weighted by Crippen LogP contribution is -2.10. The summed E-state index contributed by atoms with van der Waals surface area (Å²) in [5.41, 5.74) is 5.17. The van der Waals surface area contributed by atoms with E-state index in [1.165, 1.54) is 36.4 Å². The Labute approximate surface area is 118 Å². The van der Waals surface area contributed by atoms with Gasteiger partial charge in [0.05, 0.1) is 9.95 Å². The lowest BCUT2D eigenvalue weighted by molar-refractivity contribution is -0.385. The second kappa shape index (κ2) is 5.58. The van der Waals surface area contributed by atoms with Crippen molar-refractivity contribution in [3.8, 4) is 11.5 Å². The van der Waals surface area contributed by atoms with Crippen LogP contribution in [0.5, 0.6) is 11.5 Å². The number of ether oxygens (including phenoxy) is 1. The van der Waals surface area contributed by atoms with Crippen LogP contribution in [0.15, 0.2) is 42.5 Å². The van der Waals surface area contributed by atoms with E-state index in [0.717, 1.165) is 0 Å². The van der Waals surface area contributed by atoms with Gasteiger partial charge in [0.25, 0.3) is 0 Å². The maximum absolute atomic E-state index is 11.0. The van der Waals surface area contributed by atoms with Crippen molar-refractivity contribution in [1.29, 1.82) is 0 Å². The standard InChI is InChI=1S/C13H9ClN2O4/c14-9-7-8(13(15)17)5-6-11(9)20-12-4-2-1-3-10(12)16(18)19/h1-7H,(H2,15,17). The van der Waals surface area contributed by atoms with Gasteiger partial charge in [0.15, 0.2) is 0 Å². The highest BCUT2D eigenvalue weighted by atomic mass is 35.5. The highest BCUT2D eigenvalue weighted by molar-refractivity contribution is 6.32. The number of amides is 1. The molecule has 0 saturated carbocycles. The van der Waals surface area contributed by atoms with Gasteiger partial charge in [0.2, 0.25) is 11.7 Å². The van der Waals surface area contributed by atoms with Crippen molar-refractivity contribution < 1.29 is 14.5 Å². The number of halogens is 1. The van der Waals surface area contributed by atoms with Crippen LogP contribution in [0.3, 0.4) is 0 Å². The topological polar surface area (TPSA) is 95.5 Å². The maximum atomic E-state index is 11.0. The fourth-order valence-electron chi connectivity index (χ4n) is 1.55. The third kappa shape index (κ3) is 2.86. The average Bonchev–Trinajstić information content (AvgIpc) is 2.41. The monoisotopic (exact) mass is 292 g/mol. The molecule has 2 aromatic rings. The Kier molecular flexibility index (Phi) is 3.86. The predicted octanol–water partition coefficient (Wildman–Crippen LogP) is 3.14. The minimum absolute atomic E-state index is 0.0613. The molecular weight excluding hydrogens is 284 g/mol. The molecule has 0 aromatic heterocycles. The molecule has 1 amide bonds. The van der Waals surface area contributed by atoms with Crippen LogP contribution in [0.1, 0.15) is 10.4 Å². The van der Waals surface area contributed by atoms with E-state index in [9.17, 15) is 14.9 Å². The fourth-order valence-corrected chi connectivity index (χ4v) is 1.77. The summed E-state index contributed by atoms with van der Waals surface area (Å²) in [5, 5.41) is 11.0. The van der Waals surface area contributed by atoms with Crippen LogP contribution >= 0.6 is 11.6 Å². The van der Waals surface area contributed by atoms with Gasteiger partial charge in [-0.2, -0.15) is 0 Å². The smallest absolute Gasteiger partial charge is 0.311 e. The fraction of sp³-hybridized carbons (Fsp3) is 0. The van der Waals surface area contributed by atoms with Crippen molar-refractivity contribution >= 4 is 23.2 Å². The van der Waals surface area contributed by atoms with E-state index in [1.807, 2.05) is 0 Å². The number of hydrogen-bond acceptors (Lipinski definition) is 4. The largest absolute Gasteiger partial charge is 0.449 e. The van der Waals surface area contributed by atoms with Crippen LogP contribution in [-0.2, 0) is 0 Å². The Balaban J connectivity index is 2.36. The molecule has 2 rings (SSSR count). The Morgan fingerprint density at radius 2 is 1.90 bits per heavy atom. The molecule has 0 fully saturated rings. The summed E-state index contributed by atoms with van der Waals surface area (Å²) in [6, 6.07) is 10.1. The second-order valence-corrected chi connectivity index (χ2v) is 4.24. The highest BCUT2D eigenvalue weighted by Gasteiger charge is 2.16. The normalized spacial score (nSPS) is 10.1. The van der Waals surface area contributed by atoms with E-state index >= 15 is 0 Å². The van der Waals surface area contributed by atoms with Gasteiger partial charge in [-0.25, -0.2) is 0 Å². The Morgan fingerprint density at radius 1 is 1.20 bits per heavy atom. The van der Waals surface area contributed by atoms with Gasteiger partial charge in [0.1, 0.15) is 5.75 Å². The minimum Gasteiger partial charge on any atom is -0.449 e. The number of carbonyl (C=O) groups excluding carboxylic acids is 1. The maximum Gasteiger partial charge on any atom is 0.311 e.